The van der Waals surface area contributed by atoms with Crippen LogP contribution in [0.1, 0.15) is 20.8 Å². The summed E-state index contributed by atoms with van der Waals surface area (Å²) in [6.45, 7) is 5.41. The lowest BCUT2D eigenvalue weighted by Gasteiger charge is -2.23. The summed E-state index contributed by atoms with van der Waals surface area (Å²) in [5.74, 6) is 0. The quantitative estimate of drug-likeness (QED) is 0.599. The average molecular weight is 156 g/mol. The van der Waals surface area contributed by atoms with Crippen LogP contribution in [-0.4, -0.2) is 17.2 Å². The fraction of sp³-hybridized carbons (Fsp3) is 0.714. The van der Waals surface area contributed by atoms with Crippen molar-refractivity contribution in [2.75, 3.05) is 0 Å². The van der Waals surface area contributed by atoms with Gasteiger partial charge in [0.25, 0.3) is 0 Å². The number of nitrogens with zero attached hydrogens (tertiary/aromatic N) is 1. The molecule has 4 nitrogen and oxygen atoms in total. The zero-order chi connectivity index (χ0) is 9.07. The molecule has 0 heterocycles. The Morgan fingerprint density at radius 3 is 2.18 bits per heavy atom. The van der Waals surface area contributed by atoms with Crippen LogP contribution < -0.4 is 5.32 Å². The maximum atomic E-state index is 10.2. The molecule has 4 heteroatoms. The molecule has 0 fully saturated rings. The highest BCUT2D eigenvalue weighted by Crippen LogP contribution is 2.18. The van der Waals surface area contributed by atoms with E-state index in [1.54, 1.807) is 20.8 Å². The van der Waals surface area contributed by atoms with Gasteiger partial charge >= 0.3 is 6.09 Å². The van der Waals surface area contributed by atoms with E-state index in [0.29, 0.717) is 0 Å². The fourth-order valence-corrected chi connectivity index (χ4v) is 0.566. The summed E-state index contributed by atoms with van der Waals surface area (Å²) in [5.41, 5.74) is -0.354. The molecule has 1 atom stereocenters. The van der Waals surface area contributed by atoms with Gasteiger partial charge in [-0.25, -0.2) is 4.79 Å². The number of rotatable bonds is 1. The molecule has 62 valence electrons. The predicted octanol–water partition coefficient (Wildman–Crippen LogP) is 1.19. The molecule has 0 saturated carbocycles. The Balaban J connectivity index is 4.22. The topological polar surface area (TPSA) is 73.1 Å². The first-order chi connectivity index (χ1) is 4.88. The summed E-state index contributed by atoms with van der Waals surface area (Å²) in [6.07, 6.45) is -1.16. The maximum Gasteiger partial charge on any atom is 0.405 e. The van der Waals surface area contributed by atoms with Gasteiger partial charge in [-0.15, -0.1) is 0 Å². The Morgan fingerprint density at radius 1 is 1.64 bits per heavy atom. The Kier molecular flexibility index (Phi) is 2.87. The van der Waals surface area contributed by atoms with E-state index >= 15 is 0 Å². The van der Waals surface area contributed by atoms with Crippen LogP contribution in [0.25, 0.3) is 0 Å². The van der Waals surface area contributed by atoms with Crippen LogP contribution in [0.15, 0.2) is 0 Å². The molecule has 0 aliphatic heterocycles. The molecule has 0 radical (unpaired) electrons. The van der Waals surface area contributed by atoms with E-state index in [9.17, 15) is 4.79 Å². The van der Waals surface area contributed by atoms with Gasteiger partial charge in [-0.3, -0.25) is 0 Å². The van der Waals surface area contributed by atoms with Crippen molar-refractivity contribution in [1.29, 1.82) is 5.26 Å². The first kappa shape index (κ1) is 9.76. The zero-order valence-corrected chi connectivity index (χ0v) is 6.88. The van der Waals surface area contributed by atoms with Crippen LogP contribution in [0.3, 0.4) is 0 Å². The molecule has 0 aliphatic rings. The number of nitrogens with one attached hydrogen (secondary N) is 1. The molecule has 0 aromatic carbocycles. The Bertz CT molecular complexity index is 188. The van der Waals surface area contributed by atoms with Crippen molar-refractivity contribution in [3.05, 3.63) is 0 Å². The lowest BCUT2D eigenvalue weighted by molar-refractivity contribution is 0.183. The number of amides is 1. The lowest BCUT2D eigenvalue weighted by atomic mass is 9.88. The molecule has 2 N–H and O–H groups in total. The second-order valence-electron chi connectivity index (χ2n) is 3.38. The molecule has 1 amide bonds. The molecule has 1 unspecified atom stereocenters. The van der Waals surface area contributed by atoms with Crippen LogP contribution in [0.5, 0.6) is 0 Å². The summed E-state index contributed by atoms with van der Waals surface area (Å²) in [7, 11) is 0. The molecule has 0 saturated heterocycles. The van der Waals surface area contributed by atoms with Gasteiger partial charge in [0.05, 0.1) is 6.07 Å². The largest absolute Gasteiger partial charge is 0.465 e. The lowest BCUT2D eigenvalue weighted by Crippen LogP contribution is -2.41. The van der Waals surface area contributed by atoms with Gasteiger partial charge < -0.3 is 10.4 Å². The van der Waals surface area contributed by atoms with E-state index in [1.165, 1.54) is 0 Å². The van der Waals surface area contributed by atoms with Gasteiger partial charge in [-0.05, 0) is 5.41 Å². The minimum absolute atomic E-state index is 0.354. The van der Waals surface area contributed by atoms with E-state index < -0.39 is 12.1 Å². The van der Waals surface area contributed by atoms with Gasteiger partial charge in [0, 0.05) is 0 Å². The molecular weight excluding hydrogens is 144 g/mol. The minimum Gasteiger partial charge on any atom is -0.465 e. The summed E-state index contributed by atoms with van der Waals surface area (Å²) < 4.78 is 0. The number of hydrogen-bond donors (Lipinski definition) is 2. The van der Waals surface area contributed by atoms with Crippen molar-refractivity contribution in [2.45, 2.75) is 26.8 Å². The third-order valence-electron chi connectivity index (χ3n) is 1.26. The third kappa shape index (κ3) is 3.46. The predicted molar refractivity (Wildman–Crippen MR) is 40.0 cm³/mol. The van der Waals surface area contributed by atoms with E-state index in [4.69, 9.17) is 10.4 Å². The number of nitriles is 1. The van der Waals surface area contributed by atoms with Crippen molar-refractivity contribution < 1.29 is 9.90 Å². The molecule has 0 rings (SSSR count). The van der Waals surface area contributed by atoms with Crippen molar-refractivity contribution in [3.8, 4) is 6.07 Å². The van der Waals surface area contributed by atoms with Crippen LogP contribution in [0.4, 0.5) is 4.79 Å². The molecule has 0 aliphatic carbocycles. The smallest absolute Gasteiger partial charge is 0.405 e. The highest BCUT2D eigenvalue weighted by Gasteiger charge is 2.25. The molecule has 0 aromatic rings. The number of carbonyl (C=O) groups is 1. The Labute approximate surface area is 65.8 Å². The van der Waals surface area contributed by atoms with E-state index in [-0.39, 0.29) is 5.41 Å². The van der Waals surface area contributed by atoms with E-state index in [2.05, 4.69) is 5.32 Å². The third-order valence-corrected chi connectivity index (χ3v) is 1.26. The minimum atomic E-state index is -1.16. The second kappa shape index (κ2) is 3.24. The van der Waals surface area contributed by atoms with Gasteiger partial charge in [0.15, 0.2) is 0 Å². The van der Waals surface area contributed by atoms with Crippen LogP contribution in [-0.2, 0) is 0 Å². The number of hydrogen-bond acceptors (Lipinski definition) is 2. The number of carboxylic acid groups (broad SMARTS) is 1. The summed E-state index contributed by atoms with van der Waals surface area (Å²) in [6, 6.07) is 1.23. The molecular formula is C7H12N2O2. The van der Waals surface area contributed by atoms with Crippen LogP contribution in [0.2, 0.25) is 0 Å². The highest BCUT2D eigenvalue weighted by molar-refractivity contribution is 5.65. The normalized spacial score (nSPS) is 13.3. The molecule has 0 bridgehead atoms. The Morgan fingerprint density at radius 2 is 2.09 bits per heavy atom. The Hall–Kier alpha value is -1.24. The second-order valence-corrected chi connectivity index (χ2v) is 3.38. The highest BCUT2D eigenvalue weighted by atomic mass is 16.4. The van der Waals surface area contributed by atoms with Crippen molar-refractivity contribution >= 4 is 6.09 Å². The van der Waals surface area contributed by atoms with Crippen molar-refractivity contribution in [3.63, 3.8) is 0 Å². The first-order valence-electron chi connectivity index (χ1n) is 3.27. The van der Waals surface area contributed by atoms with Crippen molar-refractivity contribution in [2.24, 2.45) is 5.41 Å². The zero-order valence-electron chi connectivity index (χ0n) is 6.88. The SMILES string of the molecule is CC(C)(C)C(C#N)NC(=O)O. The van der Waals surface area contributed by atoms with Crippen molar-refractivity contribution in [1.82, 2.24) is 5.32 Å². The molecule has 0 aromatic heterocycles. The standard InChI is InChI=1S/C7H12N2O2/c1-7(2,3)5(4-8)9-6(10)11/h5,9H,1-3H3,(H,10,11). The van der Waals surface area contributed by atoms with Gasteiger partial charge in [-0.2, -0.15) is 5.26 Å². The van der Waals surface area contributed by atoms with E-state index in [0.717, 1.165) is 0 Å². The average Bonchev–Trinajstić information content (AvgIpc) is 1.79. The van der Waals surface area contributed by atoms with Crippen LogP contribution in [0, 0.1) is 16.7 Å². The summed E-state index contributed by atoms with van der Waals surface area (Å²) in [4.78, 5) is 10.2. The van der Waals surface area contributed by atoms with Gasteiger partial charge in [-0.1, -0.05) is 20.8 Å². The first-order valence-corrected chi connectivity index (χ1v) is 3.27. The fourth-order valence-electron chi connectivity index (χ4n) is 0.566. The van der Waals surface area contributed by atoms with Gasteiger partial charge in [0.2, 0.25) is 0 Å². The molecule has 11 heavy (non-hydrogen) atoms. The summed E-state index contributed by atoms with van der Waals surface area (Å²) >= 11 is 0. The van der Waals surface area contributed by atoms with E-state index in [1.807, 2.05) is 6.07 Å². The molecule has 0 spiro atoms. The summed E-state index contributed by atoms with van der Waals surface area (Å²) in [5, 5.41) is 19.0. The monoisotopic (exact) mass is 156 g/mol. The van der Waals surface area contributed by atoms with Gasteiger partial charge in [0.1, 0.15) is 6.04 Å². The maximum absolute atomic E-state index is 10.2. The van der Waals surface area contributed by atoms with Crippen LogP contribution >= 0.6 is 0 Å².